The first-order valence-electron chi connectivity index (χ1n) is 4.94. The van der Waals surface area contributed by atoms with E-state index >= 15 is 0 Å². The second-order valence-corrected chi connectivity index (χ2v) is 5.64. The Kier molecular flexibility index (Phi) is 3.45. The lowest BCUT2D eigenvalue weighted by Gasteiger charge is -2.23. The average Bonchev–Trinajstić information content (AvgIpc) is 2.64. The number of carbonyl (C=O) groups is 1. The number of alkyl carbamates (subject to hydrolysis) is 1. The fourth-order valence-electron chi connectivity index (χ4n) is 1.29. The number of ether oxygens (including phenoxy) is 1. The monoisotopic (exact) mass is 263 g/mol. The van der Waals surface area contributed by atoms with Gasteiger partial charge in [-0.3, -0.25) is 0 Å². The predicted octanol–water partition coefficient (Wildman–Crippen LogP) is 2.83. The lowest BCUT2D eigenvalue weighted by atomic mass is 10.2. The van der Waals surface area contributed by atoms with Crippen molar-refractivity contribution in [3.05, 3.63) is 0 Å². The third-order valence-corrected chi connectivity index (χ3v) is 2.59. The Balaban J connectivity index is 2.34. The summed E-state index contributed by atoms with van der Waals surface area (Å²) in [5.41, 5.74) is -0.388. The van der Waals surface area contributed by atoms with Crippen LogP contribution in [0, 0.1) is 0 Å². The molecule has 0 radical (unpaired) electrons. The lowest BCUT2D eigenvalue weighted by molar-refractivity contribution is 0.0495. The Morgan fingerprint density at radius 2 is 2.07 bits per heavy atom. The number of hydrogen-bond acceptors (Lipinski definition) is 2. The minimum atomic E-state index is -0.408. The highest BCUT2D eigenvalue weighted by atomic mass is 79.9. The van der Waals surface area contributed by atoms with Crippen LogP contribution in [0.1, 0.15) is 40.0 Å². The molecule has 1 saturated carbocycles. The van der Waals surface area contributed by atoms with Gasteiger partial charge in [0.1, 0.15) is 5.60 Å². The smallest absolute Gasteiger partial charge is 0.408 e. The van der Waals surface area contributed by atoms with Gasteiger partial charge in [-0.1, -0.05) is 15.9 Å². The molecule has 4 heteroatoms. The SMILES string of the molecule is CC(C)(C)OC(=O)NC1(CCBr)CC1. The summed E-state index contributed by atoms with van der Waals surface area (Å²) >= 11 is 3.38. The van der Waals surface area contributed by atoms with E-state index in [2.05, 4.69) is 21.2 Å². The molecule has 0 aromatic heterocycles. The van der Waals surface area contributed by atoms with Gasteiger partial charge in [0.15, 0.2) is 0 Å². The molecule has 0 bridgehead atoms. The molecule has 0 unspecified atom stereocenters. The second kappa shape index (κ2) is 4.09. The number of hydrogen-bond donors (Lipinski definition) is 1. The van der Waals surface area contributed by atoms with E-state index in [1.54, 1.807) is 0 Å². The molecular formula is C10H18BrNO2. The van der Waals surface area contributed by atoms with Gasteiger partial charge in [0.25, 0.3) is 0 Å². The minimum Gasteiger partial charge on any atom is -0.444 e. The molecule has 1 aliphatic rings. The minimum absolute atomic E-state index is 0.0197. The van der Waals surface area contributed by atoms with Crippen molar-refractivity contribution in [2.75, 3.05) is 5.33 Å². The highest BCUT2D eigenvalue weighted by molar-refractivity contribution is 9.09. The van der Waals surface area contributed by atoms with Gasteiger partial charge in [-0.25, -0.2) is 4.79 Å². The topological polar surface area (TPSA) is 38.3 Å². The lowest BCUT2D eigenvalue weighted by Crippen LogP contribution is -2.40. The Hall–Kier alpha value is -0.250. The molecule has 1 N–H and O–H groups in total. The van der Waals surface area contributed by atoms with Crippen molar-refractivity contribution in [3.63, 3.8) is 0 Å². The van der Waals surface area contributed by atoms with Gasteiger partial charge >= 0.3 is 6.09 Å². The quantitative estimate of drug-likeness (QED) is 0.796. The van der Waals surface area contributed by atoms with Crippen molar-refractivity contribution in [1.29, 1.82) is 0 Å². The van der Waals surface area contributed by atoms with Crippen LogP contribution in [0.5, 0.6) is 0 Å². The van der Waals surface area contributed by atoms with E-state index in [1.165, 1.54) is 0 Å². The zero-order valence-corrected chi connectivity index (χ0v) is 10.6. The molecule has 14 heavy (non-hydrogen) atoms. The molecule has 1 amide bonds. The molecule has 1 rings (SSSR count). The van der Waals surface area contributed by atoms with Gasteiger partial charge in [0, 0.05) is 10.9 Å². The molecule has 0 aliphatic heterocycles. The van der Waals surface area contributed by atoms with Gasteiger partial charge in [-0.05, 0) is 40.0 Å². The summed E-state index contributed by atoms with van der Waals surface area (Å²) in [6.07, 6.45) is 2.82. The van der Waals surface area contributed by atoms with E-state index in [-0.39, 0.29) is 11.6 Å². The highest BCUT2D eigenvalue weighted by Gasteiger charge is 2.43. The number of halogens is 1. The van der Waals surface area contributed by atoms with Crippen LogP contribution in [-0.4, -0.2) is 22.6 Å². The van der Waals surface area contributed by atoms with Crippen molar-refractivity contribution in [1.82, 2.24) is 5.32 Å². The highest BCUT2D eigenvalue weighted by Crippen LogP contribution is 2.39. The first-order valence-corrected chi connectivity index (χ1v) is 6.06. The van der Waals surface area contributed by atoms with Crippen LogP contribution in [0.25, 0.3) is 0 Å². The van der Waals surface area contributed by atoms with Crippen molar-refractivity contribution < 1.29 is 9.53 Å². The molecule has 0 aromatic rings. The predicted molar refractivity (Wildman–Crippen MR) is 59.7 cm³/mol. The molecule has 82 valence electrons. The van der Waals surface area contributed by atoms with Gasteiger partial charge in [0.05, 0.1) is 0 Å². The van der Waals surface area contributed by atoms with Crippen molar-refractivity contribution >= 4 is 22.0 Å². The first-order chi connectivity index (χ1) is 6.37. The Bertz CT molecular complexity index is 219. The van der Waals surface area contributed by atoms with Gasteiger partial charge in [-0.15, -0.1) is 0 Å². The van der Waals surface area contributed by atoms with Crippen LogP contribution in [0.4, 0.5) is 4.79 Å². The van der Waals surface area contributed by atoms with E-state index < -0.39 is 5.60 Å². The summed E-state index contributed by atoms with van der Waals surface area (Å²) in [4.78, 5) is 11.4. The van der Waals surface area contributed by atoms with Crippen LogP contribution < -0.4 is 5.32 Å². The summed E-state index contributed by atoms with van der Waals surface area (Å²) in [6, 6.07) is 0. The van der Waals surface area contributed by atoms with Crippen LogP contribution in [-0.2, 0) is 4.74 Å². The summed E-state index contributed by atoms with van der Waals surface area (Å²) < 4.78 is 5.19. The van der Waals surface area contributed by atoms with Crippen LogP contribution in [0.15, 0.2) is 0 Å². The number of rotatable bonds is 3. The van der Waals surface area contributed by atoms with Gasteiger partial charge in [0.2, 0.25) is 0 Å². The normalized spacial score (nSPS) is 18.9. The Labute approximate surface area is 93.7 Å². The van der Waals surface area contributed by atoms with E-state index in [9.17, 15) is 4.79 Å². The van der Waals surface area contributed by atoms with Crippen molar-refractivity contribution in [2.24, 2.45) is 0 Å². The van der Waals surface area contributed by atoms with E-state index in [1.807, 2.05) is 20.8 Å². The maximum absolute atomic E-state index is 11.4. The van der Waals surface area contributed by atoms with E-state index in [0.717, 1.165) is 24.6 Å². The fraction of sp³-hybridized carbons (Fsp3) is 0.900. The maximum Gasteiger partial charge on any atom is 0.408 e. The summed E-state index contributed by atoms with van der Waals surface area (Å²) in [5.74, 6) is 0. The molecular weight excluding hydrogens is 246 g/mol. The van der Waals surface area contributed by atoms with Gasteiger partial charge < -0.3 is 10.1 Å². The standard InChI is InChI=1S/C10H18BrNO2/c1-9(2,3)14-8(13)12-10(4-5-10)6-7-11/h4-7H2,1-3H3,(H,12,13). The summed E-state index contributed by atoms with van der Waals surface area (Å²) in [5, 5.41) is 3.85. The Morgan fingerprint density at radius 3 is 2.43 bits per heavy atom. The number of carbonyl (C=O) groups excluding carboxylic acids is 1. The number of alkyl halides is 1. The largest absolute Gasteiger partial charge is 0.444 e. The van der Waals surface area contributed by atoms with E-state index in [0.29, 0.717) is 0 Å². The van der Waals surface area contributed by atoms with Crippen molar-refractivity contribution in [3.8, 4) is 0 Å². The molecule has 1 aliphatic carbocycles. The zero-order valence-electron chi connectivity index (χ0n) is 9.02. The van der Waals surface area contributed by atoms with Crippen LogP contribution in [0.2, 0.25) is 0 Å². The van der Waals surface area contributed by atoms with Crippen LogP contribution in [0.3, 0.4) is 0 Å². The average molecular weight is 264 g/mol. The number of amides is 1. The molecule has 0 heterocycles. The van der Waals surface area contributed by atoms with Crippen molar-refractivity contribution in [2.45, 2.75) is 51.2 Å². The van der Waals surface area contributed by atoms with Gasteiger partial charge in [-0.2, -0.15) is 0 Å². The zero-order chi connectivity index (χ0) is 10.8. The molecule has 1 fully saturated rings. The molecule has 0 aromatic carbocycles. The third-order valence-electron chi connectivity index (χ3n) is 2.19. The Morgan fingerprint density at radius 1 is 1.50 bits per heavy atom. The molecule has 0 spiro atoms. The molecule has 0 atom stereocenters. The second-order valence-electron chi connectivity index (χ2n) is 4.85. The maximum atomic E-state index is 11.4. The third kappa shape index (κ3) is 3.86. The summed E-state index contributed by atoms with van der Waals surface area (Å²) in [6.45, 7) is 5.61. The molecule has 0 saturated heterocycles. The van der Waals surface area contributed by atoms with E-state index in [4.69, 9.17) is 4.74 Å². The number of nitrogens with one attached hydrogen (secondary N) is 1. The first kappa shape index (κ1) is 11.8. The molecule has 3 nitrogen and oxygen atoms in total. The summed E-state index contributed by atoms with van der Waals surface area (Å²) in [7, 11) is 0. The van der Waals surface area contributed by atoms with Crippen LogP contribution >= 0.6 is 15.9 Å². The fourth-order valence-corrected chi connectivity index (χ4v) is 2.05.